The fourth-order valence-electron chi connectivity index (χ4n) is 3.41. The molecule has 3 aromatic carbocycles. The number of anilines is 1. The number of nitrogens with one attached hydrogen (secondary N) is 1. The van der Waals surface area contributed by atoms with Crippen molar-refractivity contribution < 1.29 is 23.4 Å². The molecule has 0 saturated carbocycles. The number of ether oxygens (including phenoxy) is 3. The first-order valence-corrected chi connectivity index (χ1v) is 10.3. The van der Waals surface area contributed by atoms with Gasteiger partial charge in [0.2, 0.25) is 5.75 Å². The summed E-state index contributed by atoms with van der Waals surface area (Å²) in [5.74, 6) is 1.12. The van der Waals surface area contributed by atoms with Crippen LogP contribution in [0, 0.1) is 0 Å². The Labute approximate surface area is 194 Å². The highest BCUT2D eigenvalue weighted by Gasteiger charge is 2.17. The van der Waals surface area contributed by atoms with Crippen LogP contribution in [0.2, 0.25) is 5.02 Å². The lowest BCUT2D eigenvalue weighted by molar-refractivity contribution is 0.102. The number of fused-ring (bicyclic) bond motifs is 1. The van der Waals surface area contributed by atoms with E-state index in [1.54, 1.807) is 54.6 Å². The van der Waals surface area contributed by atoms with Crippen molar-refractivity contribution in [3.05, 3.63) is 81.5 Å². The molecule has 0 atom stereocenters. The van der Waals surface area contributed by atoms with E-state index in [0.717, 1.165) is 5.56 Å². The molecule has 0 aliphatic heterocycles. The molecule has 1 heterocycles. The fourth-order valence-corrected chi connectivity index (χ4v) is 3.53. The zero-order valence-corrected chi connectivity index (χ0v) is 18.9. The Morgan fingerprint density at radius 2 is 1.55 bits per heavy atom. The number of hydrogen-bond donors (Lipinski definition) is 1. The highest BCUT2D eigenvalue weighted by atomic mass is 35.5. The van der Waals surface area contributed by atoms with Crippen molar-refractivity contribution in [2.45, 2.75) is 0 Å². The topological polar surface area (TPSA) is 87.0 Å². The molecule has 168 valence electrons. The third-order valence-electron chi connectivity index (χ3n) is 5.04. The first kappa shape index (κ1) is 22.2. The Bertz CT molecular complexity index is 1370. The van der Waals surface area contributed by atoms with Gasteiger partial charge < -0.3 is 23.9 Å². The normalized spacial score (nSPS) is 10.7. The maximum absolute atomic E-state index is 12.9. The molecule has 4 rings (SSSR count). The summed E-state index contributed by atoms with van der Waals surface area (Å²) in [7, 11) is 4.43. The van der Waals surface area contributed by atoms with E-state index in [0.29, 0.717) is 50.3 Å². The van der Waals surface area contributed by atoms with Gasteiger partial charge in [0.05, 0.1) is 26.7 Å². The molecular formula is C25H20ClNO6. The average Bonchev–Trinajstić information content (AvgIpc) is 2.83. The summed E-state index contributed by atoms with van der Waals surface area (Å²) < 4.78 is 21.8. The van der Waals surface area contributed by atoms with Crippen LogP contribution < -0.4 is 25.0 Å². The van der Waals surface area contributed by atoms with Gasteiger partial charge in [0.25, 0.3) is 5.91 Å². The van der Waals surface area contributed by atoms with Crippen molar-refractivity contribution in [2.75, 3.05) is 26.6 Å². The van der Waals surface area contributed by atoms with Crippen molar-refractivity contribution in [1.82, 2.24) is 0 Å². The molecule has 0 saturated heterocycles. The van der Waals surface area contributed by atoms with Crippen molar-refractivity contribution >= 4 is 34.2 Å². The lowest BCUT2D eigenvalue weighted by Crippen LogP contribution is -2.13. The number of halogens is 1. The van der Waals surface area contributed by atoms with Gasteiger partial charge in [-0.1, -0.05) is 11.6 Å². The van der Waals surface area contributed by atoms with Crippen LogP contribution in [0.1, 0.15) is 10.4 Å². The van der Waals surface area contributed by atoms with Gasteiger partial charge in [0.15, 0.2) is 16.9 Å². The van der Waals surface area contributed by atoms with Gasteiger partial charge in [0, 0.05) is 27.9 Å². The third kappa shape index (κ3) is 4.49. The molecule has 1 N–H and O–H groups in total. The van der Waals surface area contributed by atoms with Crippen molar-refractivity contribution in [3.63, 3.8) is 0 Å². The Morgan fingerprint density at radius 3 is 2.15 bits per heavy atom. The molecule has 0 spiro atoms. The van der Waals surface area contributed by atoms with Gasteiger partial charge >= 0.3 is 0 Å². The monoisotopic (exact) mass is 465 g/mol. The van der Waals surface area contributed by atoms with E-state index in [9.17, 15) is 9.59 Å². The van der Waals surface area contributed by atoms with E-state index in [1.165, 1.54) is 27.4 Å². The minimum absolute atomic E-state index is 0.231. The first-order chi connectivity index (χ1) is 15.9. The fraction of sp³-hybridized carbons (Fsp3) is 0.120. The molecule has 0 aliphatic carbocycles. The van der Waals surface area contributed by atoms with Crippen LogP contribution in [0.3, 0.4) is 0 Å². The van der Waals surface area contributed by atoms with Crippen LogP contribution in [-0.2, 0) is 0 Å². The molecule has 8 heteroatoms. The second kappa shape index (κ2) is 9.26. The lowest BCUT2D eigenvalue weighted by atomic mass is 10.1. The third-order valence-corrected chi connectivity index (χ3v) is 5.29. The second-order valence-corrected chi connectivity index (χ2v) is 7.50. The maximum atomic E-state index is 12.9. The molecule has 33 heavy (non-hydrogen) atoms. The average molecular weight is 466 g/mol. The number of hydrogen-bond acceptors (Lipinski definition) is 6. The number of rotatable bonds is 6. The zero-order chi connectivity index (χ0) is 23.5. The van der Waals surface area contributed by atoms with Crippen molar-refractivity contribution in [3.8, 4) is 28.6 Å². The predicted octanol–water partition coefficient (Wildman–Crippen LogP) is 5.39. The number of benzene rings is 3. The quantitative estimate of drug-likeness (QED) is 0.410. The summed E-state index contributed by atoms with van der Waals surface area (Å²) in [6.07, 6.45) is 0. The van der Waals surface area contributed by atoms with E-state index in [2.05, 4.69) is 5.32 Å². The molecule has 7 nitrogen and oxygen atoms in total. The minimum Gasteiger partial charge on any atom is -0.493 e. The smallest absolute Gasteiger partial charge is 0.255 e. The molecule has 0 aliphatic rings. The van der Waals surface area contributed by atoms with Crippen molar-refractivity contribution in [1.29, 1.82) is 0 Å². The summed E-state index contributed by atoms with van der Waals surface area (Å²) in [5.41, 5.74) is 1.64. The van der Waals surface area contributed by atoms with E-state index in [1.807, 2.05) is 0 Å². The van der Waals surface area contributed by atoms with Gasteiger partial charge in [-0.25, -0.2) is 0 Å². The van der Waals surface area contributed by atoms with Crippen molar-refractivity contribution in [2.24, 2.45) is 0 Å². The van der Waals surface area contributed by atoms with Gasteiger partial charge in [-0.3, -0.25) is 9.59 Å². The molecule has 0 unspecified atom stereocenters. The molecule has 1 aromatic heterocycles. The standard InChI is InChI=1S/C25H20ClNO6/c1-30-22-10-15(11-23(31-2)24(22)32-3)25(29)27-17-8-9-20-18(12-17)19(28)13-21(33-20)14-4-6-16(26)7-5-14/h4-13H,1-3H3,(H,27,29). The number of carbonyl (C=O) groups excluding carboxylic acids is 1. The van der Waals surface area contributed by atoms with Crippen LogP contribution in [-0.4, -0.2) is 27.2 Å². The van der Waals surface area contributed by atoms with Gasteiger partial charge in [-0.2, -0.15) is 0 Å². The van der Waals surface area contributed by atoms with E-state index >= 15 is 0 Å². The molecule has 0 bridgehead atoms. The summed E-state index contributed by atoms with van der Waals surface area (Å²) in [5, 5.41) is 3.72. The minimum atomic E-state index is -0.407. The van der Waals surface area contributed by atoms with Crippen LogP contribution in [0.15, 0.2) is 69.9 Å². The summed E-state index contributed by atoms with van der Waals surface area (Å²) in [6, 6.07) is 16.4. The Balaban J connectivity index is 1.65. The predicted molar refractivity (Wildman–Crippen MR) is 127 cm³/mol. The highest BCUT2D eigenvalue weighted by Crippen LogP contribution is 2.38. The number of carbonyl (C=O) groups is 1. The molecule has 0 radical (unpaired) electrons. The van der Waals surface area contributed by atoms with E-state index < -0.39 is 5.91 Å². The molecule has 1 amide bonds. The van der Waals surface area contributed by atoms with Crippen LogP contribution in [0.25, 0.3) is 22.3 Å². The van der Waals surface area contributed by atoms with E-state index in [-0.39, 0.29) is 5.43 Å². The molecular weight excluding hydrogens is 446 g/mol. The van der Waals surface area contributed by atoms with E-state index in [4.69, 9.17) is 30.2 Å². The van der Waals surface area contributed by atoms with Crippen LogP contribution in [0.5, 0.6) is 17.2 Å². The Morgan fingerprint density at radius 1 is 0.879 bits per heavy atom. The second-order valence-electron chi connectivity index (χ2n) is 7.06. The summed E-state index contributed by atoms with van der Waals surface area (Å²) >= 11 is 5.93. The maximum Gasteiger partial charge on any atom is 0.255 e. The zero-order valence-electron chi connectivity index (χ0n) is 18.1. The summed E-state index contributed by atoms with van der Waals surface area (Å²) in [4.78, 5) is 25.6. The Hall–Kier alpha value is -3.97. The highest BCUT2D eigenvalue weighted by molar-refractivity contribution is 6.30. The van der Waals surface area contributed by atoms with Crippen LogP contribution in [0.4, 0.5) is 5.69 Å². The van der Waals surface area contributed by atoms with Gasteiger partial charge in [-0.05, 0) is 54.6 Å². The molecule has 0 fully saturated rings. The summed E-state index contributed by atoms with van der Waals surface area (Å²) in [6.45, 7) is 0. The SMILES string of the molecule is COc1cc(C(=O)Nc2ccc3oc(-c4ccc(Cl)cc4)cc(=O)c3c2)cc(OC)c1OC. The largest absolute Gasteiger partial charge is 0.493 e. The number of amides is 1. The van der Waals surface area contributed by atoms with Gasteiger partial charge in [0.1, 0.15) is 11.3 Å². The lowest BCUT2D eigenvalue weighted by Gasteiger charge is -2.14. The molecule has 4 aromatic rings. The number of methoxy groups -OCH3 is 3. The first-order valence-electron chi connectivity index (χ1n) is 9.88. The van der Waals surface area contributed by atoms with Crippen LogP contribution >= 0.6 is 11.6 Å². The van der Waals surface area contributed by atoms with Gasteiger partial charge in [-0.15, -0.1) is 0 Å². The Kier molecular flexibility index (Phi) is 6.24.